The summed E-state index contributed by atoms with van der Waals surface area (Å²) < 4.78 is 0. The monoisotopic (exact) mass is 202 g/mol. The van der Waals surface area contributed by atoms with E-state index < -0.39 is 0 Å². The average molecular weight is 203 g/mol. The molecule has 1 fully saturated rings. The molecule has 1 aliphatic rings. The Morgan fingerprint density at radius 1 is 1.00 bits per heavy atom. The van der Waals surface area contributed by atoms with Gasteiger partial charge in [0.25, 0.3) is 0 Å². The molecule has 0 atom stereocenters. The van der Waals surface area contributed by atoms with E-state index in [2.05, 4.69) is 6.92 Å². The predicted octanol–water partition coefficient (Wildman–Crippen LogP) is 4.61. The van der Waals surface area contributed by atoms with Gasteiger partial charge in [-0.1, -0.05) is 51.9 Å². The van der Waals surface area contributed by atoms with Crippen molar-refractivity contribution >= 4 is 11.6 Å². The van der Waals surface area contributed by atoms with Crippen LogP contribution >= 0.6 is 11.6 Å². The zero-order valence-electron chi connectivity index (χ0n) is 8.90. The first-order valence-electron chi connectivity index (χ1n) is 5.92. The summed E-state index contributed by atoms with van der Waals surface area (Å²) >= 11 is 5.75. The van der Waals surface area contributed by atoms with Crippen molar-refractivity contribution in [1.29, 1.82) is 0 Å². The van der Waals surface area contributed by atoms with Gasteiger partial charge in [0, 0.05) is 5.88 Å². The number of alkyl halides is 1. The summed E-state index contributed by atoms with van der Waals surface area (Å²) in [5.74, 6) is 2.87. The van der Waals surface area contributed by atoms with E-state index in [0.717, 1.165) is 17.7 Å². The number of rotatable bonds is 5. The topological polar surface area (TPSA) is 0 Å². The third-order valence-electron chi connectivity index (χ3n) is 3.45. The molecule has 0 amide bonds. The zero-order valence-corrected chi connectivity index (χ0v) is 9.65. The summed E-state index contributed by atoms with van der Waals surface area (Å²) in [4.78, 5) is 0. The molecule has 1 heteroatoms. The van der Waals surface area contributed by atoms with E-state index in [-0.39, 0.29) is 0 Å². The lowest BCUT2D eigenvalue weighted by molar-refractivity contribution is 0.255. The Hall–Kier alpha value is 0.290. The highest BCUT2D eigenvalue weighted by atomic mass is 35.5. The normalized spacial score (nSPS) is 29.1. The maximum atomic E-state index is 5.75. The lowest BCUT2D eigenvalue weighted by Crippen LogP contribution is -2.14. The highest BCUT2D eigenvalue weighted by Gasteiger charge is 2.19. The van der Waals surface area contributed by atoms with Crippen LogP contribution in [0.15, 0.2) is 0 Å². The Morgan fingerprint density at radius 2 is 1.54 bits per heavy atom. The molecule has 0 saturated heterocycles. The summed E-state index contributed by atoms with van der Waals surface area (Å²) in [5.41, 5.74) is 0. The van der Waals surface area contributed by atoms with Gasteiger partial charge >= 0.3 is 0 Å². The molecule has 0 heterocycles. The van der Waals surface area contributed by atoms with Crippen molar-refractivity contribution in [2.45, 2.75) is 58.3 Å². The minimum atomic E-state index is 0.865. The summed E-state index contributed by atoms with van der Waals surface area (Å²) in [6, 6.07) is 0. The summed E-state index contributed by atoms with van der Waals surface area (Å²) in [6.07, 6.45) is 11.4. The van der Waals surface area contributed by atoms with Crippen LogP contribution in [0.4, 0.5) is 0 Å². The first-order valence-corrected chi connectivity index (χ1v) is 6.46. The van der Waals surface area contributed by atoms with Crippen molar-refractivity contribution in [3.05, 3.63) is 0 Å². The minimum absolute atomic E-state index is 0.865. The number of unbranched alkanes of at least 4 members (excludes halogenated alkanes) is 1. The fourth-order valence-electron chi connectivity index (χ4n) is 2.46. The lowest BCUT2D eigenvalue weighted by atomic mass is 9.79. The van der Waals surface area contributed by atoms with Crippen LogP contribution in [0.2, 0.25) is 0 Å². The Bertz CT molecular complexity index is 114. The van der Waals surface area contributed by atoms with E-state index in [0.29, 0.717) is 0 Å². The first-order chi connectivity index (χ1) is 6.36. The Morgan fingerprint density at radius 3 is 2.00 bits per heavy atom. The van der Waals surface area contributed by atoms with Gasteiger partial charge in [0.1, 0.15) is 0 Å². The van der Waals surface area contributed by atoms with Crippen LogP contribution in [0.5, 0.6) is 0 Å². The standard InChI is InChI=1S/C12H23Cl/c1-2-3-4-11-5-7-12(8-6-11)9-10-13/h11-12H,2-10H2,1H3. The highest BCUT2D eigenvalue weighted by Crippen LogP contribution is 2.33. The molecular formula is C12H23Cl. The minimum Gasteiger partial charge on any atom is -0.127 e. The Balaban J connectivity index is 2.08. The molecule has 0 spiro atoms. The van der Waals surface area contributed by atoms with Gasteiger partial charge in [-0.05, 0) is 18.3 Å². The molecule has 0 aliphatic heterocycles. The van der Waals surface area contributed by atoms with E-state index in [9.17, 15) is 0 Å². The summed E-state index contributed by atoms with van der Waals surface area (Å²) in [7, 11) is 0. The van der Waals surface area contributed by atoms with Gasteiger partial charge in [0.05, 0.1) is 0 Å². The van der Waals surface area contributed by atoms with E-state index in [1.54, 1.807) is 0 Å². The molecule has 0 N–H and O–H groups in total. The molecule has 1 aliphatic carbocycles. The second-order valence-electron chi connectivity index (χ2n) is 4.51. The third kappa shape index (κ3) is 4.35. The quantitative estimate of drug-likeness (QED) is 0.571. The largest absolute Gasteiger partial charge is 0.127 e. The van der Waals surface area contributed by atoms with Crippen LogP contribution in [-0.2, 0) is 0 Å². The zero-order chi connectivity index (χ0) is 9.52. The first kappa shape index (κ1) is 11.4. The lowest BCUT2D eigenvalue weighted by Gasteiger charge is -2.27. The van der Waals surface area contributed by atoms with Gasteiger partial charge in [0.15, 0.2) is 0 Å². The maximum absolute atomic E-state index is 5.75. The fraction of sp³-hybridized carbons (Fsp3) is 1.00. The van der Waals surface area contributed by atoms with Gasteiger partial charge in [0.2, 0.25) is 0 Å². The molecule has 0 unspecified atom stereocenters. The van der Waals surface area contributed by atoms with Crippen LogP contribution in [-0.4, -0.2) is 5.88 Å². The van der Waals surface area contributed by atoms with Gasteiger partial charge in [-0.25, -0.2) is 0 Å². The highest BCUT2D eigenvalue weighted by molar-refractivity contribution is 6.17. The Labute approximate surface area is 88.1 Å². The third-order valence-corrected chi connectivity index (χ3v) is 3.67. The van der Waals surface area contributed by atoms with E-state index in [4.69, 9.17) is 11.6 Å². The fourth-order valence-corrected chi connectivity index (χ4v) is 2.76. The number of hydrogen-bond acceptors (Lipinski definition) is 0. The smallest absolute Gasteiger partial charge is 0.0226 e. The van der Waals surface area contributed by atoms with Gasteiger partial charge in [-0.2, -0.15) is 0 Å². The van der Waals surface area contributed by atoms with E-state index in [1.807, 2.05) is 0 Å². The van der Waals surface area contributed by atoms with Crippen molar-refractivity contribution in [1.82, 2.24) is 0 Å². The van der Waals surface area contributed by atoms with Crippen molar-refractivity contribution in [2.75, 3.05) is 5.88 Å². The Kier molecular flexibility index (Phi) is 5.86. The van der Waals surface area contributed by atoms with Crippen LogP contribution in [0, 0.1) is 11.8 Å². The van der Waals surface area contributed by atoms with Gasteiger partial charge in [-0.3, -0.25) is 0 Å². The summed E-state index contributed by atoms with van der Waals surface area (Å²) in [5, 5.41) is 0. The molecule has 13 heavy (non-hydrogen) atoms. The maximum Gasteiger partial charge on any atom is 0.0226 e. The van der Waals surface area contributed by atoms with Crippen LogP contribution < -0.4 is 0 Å². The van der Waals surface area contributed by atoms with Crippen LogP contribution in [0.3, 0.4) is 0 Å². The van der Waals surface area contributed by atoms with Crippen molar-refractivity contribution in [3.8, 4) is 0 Å². The number of hydrogen-bond donors (Lipinski definition) is 0. The second-order valence-corrected chi connectivity index (χ2v) is 4.88. The molecule has 0 aromatic carbocycles. The molecular weight excluding hydrogens is 180 g/mol. The van der Waals surface area contributed by atoms with Gasteiger partial charge < -0.3 is 0 Å². The molecule has 0 aromatic heterocycles. The molecule has 0 nitrogen and oxygen atoms in total. The van der Waals surface area contributed by atoms with Crippen LogP contribution in [0.1, 0.15) is 58.3 Å². The van der Waals surface area contributed by atoms with Crippen molar-refractivity contribution in [2.24, 2.45) is 11.8 Å². The van der Waals surface area contributed by atoms with Crippen LogP contribution in [0.25, 0.3) is 0 Å². The average Bonchev–Trinajstić information content (AvgIpc) is 2.17. The molecule has 0 bridgehead atoms. The SMILES string of the molecule is CCCCC1CCC(CCCl)CC1. The van der Waals surface area contributed by atoms with Crippen molar-refractivity contribution in [3.63, 3.8) is 0 Å². The molecule has 1 saturated carbocycles. The summed E-state index contributed by atoms with van der Waals surface area (Å²) in [6.45, 7) is 2.29. The molecule has 0 radical (unpaired) electrons. The van der Waals surface area contributed by atoms with Gasteiger partial charge in [-0.15, -0.1) is 11.6 Å². The molecule has 0 aromatic rings. The van der Waals surface area contributed by atoms with E-state index >= 15 is 0 Å². The predicted molar refractivity (Wildman–Crippen MR) is 60.3 cm³/mol. The second kappa shape index (κ2) is 6.70. The van der Waals surface area contributed by atoms with E-state index in [1.165, 1.54) is 51.4 Å². The number of halogens is 1. The molecule has 78 valence electrons. The molecule has 1 rings (SSSR count). The van der Waals surface area contributed by atoms with Crippen molar-refractivity contribution < 1.29 is 0 Å².